The van der Waals surface area contributed by atoms with Crippen LogP contribution in [0.25, 0.3) is 11.5 Å². The largest absolute Gasteiger partial charge is 0.346 e. The number of nitrogens with two attached hydrogens (primary N) is 1. The van der Waals surface area contributed by atoms with E-state index in [9.17, 15) is 4.79 Å². The molecule has 0 radical (unpaired) electrons. The average molecular weight is 314 g/mol. The number of carbonyl (C=O) groups excluding carboxylic acids is 1. The van der Waals surface area contributed by atoms with Gasteiger partial charge in [0.1, 0.15) is 0 Å². The predicted molar refractivity (Wildman–Crippen MR) is 86.2 cm³/mol. The Morgan fingerprint density at radius 2 is 2.17 bits per heavy atom. The molecule has 0 spiro atoms. The molecule has 2 aromatic rings. The van der Waals surface area contributed by atoms with Crippen LogP contribution in [0.2, 0.25) is 0 Å². The lowest BCUT2D eigenvalue weighted by Crippen LogP contribution is -2.33. The van der Waals surface area contributed by atoms with Crippen molar-refractivity contribution >= 4 is 5.91 Å². The summed E-state index contributed by atoms with van der Waals surface area (Å²) in [7, 11) is 0. The summed E-state index contributed by atoms with van der Waals surface area (Å²) in [5.74, 6) is 1.21. The molecule has 1 aliphatic carbocycles. The average Bonchev–Trinajstić information content (AvgIpc) is 3.18. The number of benzene rings is 1. The summed E-state index contributed by atoms with van der Waals surface area (Å²) < 4.78 is 5.27. The molecule has 6 nitrogen and oxygen atoms in total. The first-order chi connectivity index (χ1) is 11.1. The second kappa shape index (κ2) is 6.91. The second-order valence-corrected chi connectivity index (χ2v) is 6.17. The zero-order valence-electron chi connectivity index (χ0n) is 13.2. The van der Waals surface area contributed by atoms with Crippen LogP contribution in [0.1, 0.15) is 44.5 Å². The summed E-state index contributed by atoms with van der Waals surface area (Å²) >= 11 is 0. The van der Waals surface area contributed by atoms with Crippen molar-refractivity contribution < 1.29 is 9.32 Å². The van der Waals surface area contributed by atoms with Crippen LogP contribution >= 0.6 is 0 Å². The Kier molecular flexibility index (Phi) is 4.71. The molecule has 6 heteroatoms. The van der Waals surface area contributed by atoms with Crippen molar-refractivity contribution in [1.82, 2.24) is 15.5 Å². The van der Waals surface area contributed by atoms with Crippen LogP contribution in [0.3, 0.4) is 0 Å². The van der Waals surface area contributed by atoms with Crippen LogP contribution in [0.5, 0.6) is 0 Å². The number of hydrogen-bond acceptors (Lipinski definition) is 5. The van der Waals surface area contributed by atoms with E-state index in [1.54, 1.807) is 0 Å². The van der Waals surface area contributed by atoms with Crippen molar-refractivity contribution in [1.29, 1.82) is 0 Å². The van der Waals surface area contributed by atoms with Crippen LogP contribution < -0.4 is 11.1 Å². The van der Waals surface area contributed by atoms with Gasteiger partial charge in [-0.15, -0.1) is 0 Å². The van der Waals surface area contributed by atoms with E-state index in [0.717, 1.165) is 24.8 Å². The summed E-state index contributed by atoms with van der Waals surface area (Å²) in [4.78, 5) is 16.5. The van der Waals surface area contributed by atoms with Gasteiger partial charge < -0.3 is 15.6 Å². The van der Waals surface area contributed by atoms with Gasteiger partial charge in [0.25, 0.3) is 5.89 Å². The number of nitrogens with zero attached hydrogens (tertiary/aromatic N) is 2. The van der Waals surface area contributed by atoms with Gasteiger partial charge >= 0.3 is 0 Å². The number of rotatable bonds is 5. The van der Waals surface area contributed by atoms with E-state index in [0.29, 0.717) is 18.1 Å². The molecular formula is C17H22N4O2. The van der Waals surface area contributed by atoms with E-state index in [1.165, 1.54) is 0 Å². The first kappa shape index (κ1) is 15.7. The maximum atomic E-state index is 12.2. The number of hydrogen-bond donors (Lipinski definition) is 2. The molecule has 1 aromatic carbocycles. The first-order valence-electron chi connectivity index (χ1n) is 8.07. The molecule has 23 heavy (non-hydrogen) atoms. The highest BCUT2D eigenvalue weighted by Gasteiger charge is 2.27. The molecule has 3 atom stereocenters. The maximum Gasteiger partial charge on any atom is 0.257 e. The van der Waals surface area contributed by atoms with Crippen molar-refractivity contribution in [3.8, 4) is 11.5 Å². The maximum absolute atomic E-state index is 12.2. The number of aromatic nitrogens is 2. The van der Waals surface area contributed by atoms with E-state index in [4.69, 9.17) is 10.3 Å². The summed E-state index contributed by atoms with van der Waals surface area (Å²) in [6.07, 6.45) is 3.62. The standard InChI is InChI=1S/C17H22N4O2/c1-11(19-15(22)10-13-8-5-9-14(13)18)16-20-17(23-21-16)12-6-3-2-4-7-12/h2-4,6-7,11,13-14H,5,8-10,18H2,1H3,(H,19,22)/t11?,13-,14+/m0/s1. The van der Waals surface area contributed by atoms with E-state index in [2.05, 4.69) is 15.5 Å². The van der Waals surface area contributed by atoms with E-state index in [1.807, 2.05) is 37.3 Å². The number of nitrogens with one attached hydrogen (secondary N) is 1. The molecule has 1 fully saturated rings. The molecule has 3 rings (SSSR count). The zero-order chi connectivity index (χ0) is 16.2. The third-order valence-electron chi connectivity index (χ3n) is 4.39. The van der Waals surface area contributed by atoms with E-state index < -0.39 is 0 Å². The quantitative estimate of drug-likeness (QED) is 0.884. The van der Waals surface area contributed by atoms with Crippen molar-refractivity contribution in [2.75, 3.05) is 0 Å². The Morgan fingerprint density at radius 1 is 1.39 bits per heavy atom. The van der Waals surface area contributed by atoms with Crippen LogP contribution in [0.15, 0.2) is 34.9 Å². The fourth-order valence-electron chi connectivity index (χ4n) is 3.03. The molecule has 0 aliphatic heterocycles. The Hall–Kier alpha value is -2.21. The van der Waals surface area contributed by atoms with Gasteiger partial charge in [-0.05, 0) is 37.8 Å². The summed E-state index contributed by atoms with van der Waals surface area (Å²) in [6.45, 7) is 1.85. The minimum atomic E-state index is -0.290. The highest BCUT2D eigenvalue weighted by atomic mass is 16.5. The monoisotopic (exact) mass is 314 g/mol. The van der Waals surface area contributed by atoms with Gasteiger partial charge in [0.05, 0.1) is 6.04 Å². The summed E-state index contributed by atoms with van der Waals surface area (Å²) in [5.41, 5.74) is 6.88. The van der Waals surface area contributed by atoms with Crippen LogP contribution in [-0.4, -0.2) is 22.1 Å². The summed E-state index contributed by atoms with van der Waals surface area (Å²) in [6, 6.07) is 9.42. The first-order valence-corrected chi connectivity index (χ1v) is 8.07. The molecule has 122 valence electrons. The molecule has 1 heterocycles. The van der Waals surface area contributed by atoms with Crippen molar-refractivity contribution in [2.24, 2.45) is 11.7 Å². The van der Waals surface area contributed by atoms with Gasteiger partial charge in [0.15, 0.2) is 5.82 Å². The molecule has 0 saturated heterocycles. The van der Waals surface area contributed by atoms with Gasteiger partial charge in [0.2, 0.25) is 5.91 Å². The van der Waals surface area contributed by atoms with Crippen molar-refractivity contribution in [2.45, 2.75) is 44.7 Å². The van der Waals surface area contributed by atoms with Gasteiger partial charge in [-0.1, -0.05) is 29.8 Å². The van der Waals surface area contributed by atoms with Gasteiger partial charge in [-0.3, -0.25) is 4.79 Å². The topological polar surface area (TPSA) is 94.0 Å². The van der Waals surface area contributed by atoms with Gasteiger partial charge in [-0.25, -0.2) is 0 Å². The third kappa shape index (κ3) is 3.76. The smallest absolute Gasteiger partial charge is 0.257 e. The Labute approximate surface area is 135 Å². The van der Waals surface area contributed by atoms with Crippen LogP contribution in [0.4, 0.5) is 0 Å². The highest BCUT2D eigenvalue weighted by Crippen LogP contribution is 2.27. The van der Waals surface area contributed by atoms with Crippen LogP contribution in [0, 0.1) is 5.92 Å². The molecule has 1 aromatic heterocycles. The minimum Gasteiger partial charge on any atom is -0.346 e. The lowest BCUT2D eigenvalue weighted by Gasteiger charge is -2.16. The predicted octanol–water partition coefficient (Wildman–Crippen LogP) is 2.43. The lowest BCUT2D eigenvalue weighted by molar-refractivity contribution is -0.122. The second-order valence-electron chi connectivity index (χ2n) is 6.17. The Morgan fingerprint density at radius 3 is 2.87 bits per heavy atom. The van der Waals surface area contributed by atoms with Crippen molar-refractivity contribution in [3.05, 3.63) is 36.2 Å². The fourth-order valence-corrected chi connectivity index (χ4v) is 3.03. The van der Waals surface area contributed by atoms with Crippen molar-refractivity contribution in [3.63, 3.8) is 0 Å². The normalized spacial score (nSPS) is 22.0. The molecule has 1 amide bonds. The molecule has 1 unspecified atom stereocenters. The Bertz CT molecular complexity index is 656. The van der Waals surface area contributed by atoms with E-state index in [-0.39, 0.29) is 23.9 Å². The molecular weight excluding hydrogens is 292 g/mol. The molecule has 0 bridgehead atoms. The number of amides is 1. The molecule has 1 aliphatic rings. The van der Waals surface area contributed by atoms with Gasteiger partial charge in [-0.2, -0.15) is 4.98 Å². The van der Waals surface area contributed by atoms with Crippen LogP contribution in [-0.2, 0) is 4.79 Å². The van der Waals surface area contributed by atoms with E-state index >= 15 is 0 Å². The zero-order valence-corrected chi connectivity index (χ0v) is 13.2. The Balaban J connectivity index is 1.59. The SMILES string of the molecule is CC(NC(=O)C[C@@H]1CCC[C@H]1N)c1noc(-c2ccccc2)n1. The molecule has 3 N–H and O–H groups in total. The fraction of sp³-hybridized carbons (Fsp3) is 0.471. The highest BCUT2D eigenvalue weighted by molar-refractivity contribution is 5.76. The lowest BCUT2D eigenvalue weighted by atomic mass is 10.00. The summed E-state index contributed by atoms with van der Waals surface area (Å²) in [5, 5.41) is 6.90. The minimum absolute atomic E-state index is 0.00842. The molecule has 1 saturated carbocycles. The van der Waals surface area contributed by atoms with Gasteiger partial charge in [0, 0.05) is 18.0 Å². The number of carbonyl (C=O) groups is 1. The third-order valence-corrected chi connectivity index (χ3v) is 4.39.